The minimum Gasteiger partial charge on any atom is -0.507 e. The highest BCUT2D eigenvalue weighted by Crippen LogP contribution is 2.20. The molecule has 3 aromatic carbocycles. The molecule has 0 unspecified atom stereocenters. The maximum atomic E-state index is 12.1. The normalized spacial score (nSPS) is 10.7. The second-order valence-corrected chi connectivity index (χ2v) is 5.08. The fraction of sp³-hybridized carbons (Fsp3) is 0.0588. The number of para-hydroxylation sites is 1. The summed E-state index contributed by atoms with van der Waals surface area (Å²) >= 11 is 0. The first kappa shape index (κ1) is 14.6. The van der Waals surface area contributed by atoms with Crippen LogP contribution >= 0.6 is 0 Å². The van der Waals surface area contributed by atoms with Gasteiger partial charge in [-0.2, -0.15) is 5.10 Å². The van der Waals surface area contributed by atoms with Gasteiger partial charge in [0.25, 0.3) is 5.91 Å². The zero-order valence-electron chi connectivity index (χ0n) is 12.2. The first-order chi connectivity index (χ1) is 11.0. The van der Waals surface area contributed by atoms with E-state index in [1.165, 1.54) is 18.2 Å². The molecule has 0 spiro atoms. The number of hydrogen-bond acceptors (Lipinski definition) is 5. The lowest BCUT2D eigenvalue weighted by molar-refractivity contribution is 0.0950. The quantitative estimate of drug-likeness (QED) is 0.681. The smallest absolute Gasteiger partial charge is 0.275 e. The molecule has 0 aliphatic carbocycles. The van der Waals surface area contributed by atoms with E-state index >= 15 is 0 Å². The molecule has 6 heteroatoms. The Hall–Kier alpha value is -3.28. The summed E-state index contributed by atoms with van der Waals surface area (Å²) in [6.45, 7) is 1.65. The number of hydrogen-bond donors (Lipinski definition) is 2. The number of nitrogens with zero attached hydrogens (tertiary/aromatic N) is 1. The van der Waals surface area contributed by atoms with Gasteiger partial charge in [0.1, 0.15) is 5.75 Å². The van der Waals surface area contributed by atoms with Gasteiger partial charge in [0.05, 0.1) is 5.56 Å². The Bertz CT molecular complexity index is 1030. The molecule has 0 saturated carbocycles. The Labute approximate surface area is 130 Å². The average molecular weight is 308 g/mol. The molecule has 2 N–H and O–H groups in total. The molecule has 0 aliphatic heterocycles. The van der Waals surface area contributed by atoms with Crippen molar-refractivity contribution in [2.75, 3.05) is 0 Å². The summed E-state index contributed by atoms with van der Waals surface area (Å²) in [5.41, 5.74) is 1.65. The van der Waals surface area contributed by atoms with Gasteiger partial charge in [0.2, 0.25) is 10.9 Å². The van der Waals surface area contributed by atoms with Crippen molar-refractivity contribution in [3.05, 3.63) is 79.4 Å². The molecule has 3 rings (SSSR count). The third kappa shape index (κ3) is 2.40. The molecular formula is C17H12N2O4. The maximum Gasteiger partial charge on any atom is 0.275 e. The second-order valence-electron chi connectivity index (χ2n) is 5.08. The molecule has 23 heavy (non-hydrogen) atoms. The lowest BCUT2D eigenvalue weighted by Crippen LogP contribution is -2.35. The number of aryl methyl sites for hydroxylation is 1. The Morgan fingerprint density at radius 1 is 1.00 bits per heavy atom. The van der Waals surface area contributed by atoms with Gasteiger partial charge in [0.15, 0.2) is 5.36 Å². The lowest BCUT2D eigenvalue weighted by Gasteiger charge is -2.04. The first-order valence-corrected chi connectivity index (χ1v) is 6.85. The number of fused-ring (bicyclic) bond motifs is 1. The first-order valence-electron chi connectivity index (χ1n) is 6.85. The molecule has 0 saturated heterocycles. The van der Waals surface area contributed by atoms with Crippen LogP contribution in [0.4, 0.5) is 0 Å². The van der Waals surface area contributed by atoms with E-state index in [9.17, 15) is 19.5 Å². The summed E-state index contributed by atoms with van der Waals surface area (Å²) in [7, 11) is 0. The van der Waals surface area contributed by atoms with Gasteiger partial charge >= 0.3 is 0 Å². The number of rotatable bonds is 2. The van der Waals surface area contributed by atoms with Gasteiger partial charge < -0.3 is 5.11 Å². The van der Waals surface area contributed by atoms with E-state index in [2.05, 4.69) is 10.5 Å². The van der Waals surface area contributed by atoms with E-state index in [4.69, 9.17) is 0 Å². The summed E-state index contributed by atoms with van der Waals surface area (Å²) in [5.74, 6) is -0.868. The van der Waals surface area contributed by atoms with Crippen LogP contribution in [0.1, 0.15) is 15.9 Å². The molecule has 1 amide bonds. The van der Waals surface area contributed by atoms with Crippen molar-refractivity contribution in [1.82, 2.24) is 5.43 Å². The highest BCUT2D eigenvalue weighted by atomic mass is 16.3. The number of carbonyl (C=O) groups is 1. The van der Waals surface area contributed by atoms with Crippen LogP contribution in [0.15, 0.2) is 57.2 Å². The Morgan fingerprint density at radius 2 is 1.61 bits per heavy atom. The zero-order valence-corrected chi connectivity index (χ0v) is 12.2. The van der Waals surface area contributed by atoms with Gasteiger partial charge in [-0.05, 0) is 18.6 Å². The topological polar surface area (TPSA) is 95.8 Å². The van der Waals surface area contributed by atoms with E-state index in [1.54, 1.807) is 31.2 Å². The van der Waals surface area contributed by atoms with Crippen LogP contribution < -0.4 is 21.6 Å². The van der Waals surface area contributed by atoms with E-state index < -0.39 is 16.8 Å². The van der Waals surface area contributed by atoms with E-state index in [1.807, 2.05) is 0 Å². The van der Waals surface area contributed by atoms with Crippen LogP contribution in [-0.2, 0) is 0 Å². The minimum atomic E-state index is -0.699. The zero-order chi connectivity index (χ0) is 16.6. The minimum absolute atomic E-state index is 0.0183. The fourth-order valence-electron chi connectivity index (χ4n) is 2.35. The summed E-state index contributed by atoms with van der Waals surface area (Å²) < 4.78 is 0. The Balaban J connectivity index is 2.04. The van der Waals surface area contributed by atoms with Crippen LogP contribution in [0.2, 0.25) is 0 Å². The van der Waals surface area contributed by atoms with Gasteiger partial charge in [-0.3, -0.25) is 14.4 Å². The summed E-state index contributed by atoms with van der Waals surface area (Å²) in [6, 6.07) is 11.0. The van der Waals surface area contributed by atoms with E-state index in [0.29, 0.717) is 5.56 Å². The predicted molar refractivity (Wildman–Crippen MR) is 84.7 cm³/mol. The highest BCUT2D eigenvalue weighted by molar-refractivity contribution is 5.97. The number of nitrogens with one attached hydrogen (secondary N) is 1. The van der Waals surface area contributed by atoms with E-state index in [0.717, 1.165) is 0 Å². The van der Waals surface area contributed by atoms with E-state index in [-0.39, 0.29) is 27.4 Å². The van der Waals surface area contributed by atoms with Crippen LogP contribution in [0, 0.1) is 6.92 Å². The van der Waals surface area contributed by atoms with Crippen LogP contribution in [0.25, 0.3) is 10.8 Å². The van der Waals surface area contributed by atoms with Crippen molar-refractivity contribution in [2.45, 2.75) is 6.92 Å². The fourth-order valence-corrected chi connectivity index (χ4v) is 2.35. The second kappa shape index (κ2) is 5.49. The van der Waals surface area contributed by atoms with Crippen LogP contribution in [0.3, 0.4) is 0 Å². The van der Waals surface area contributed by atoms with Gasteiger partial charge in [-0.25, -0.2) is 5.43 Å². The monoisotopic (exact) mass is 308 g/mol. The summed E-state index contributed by atoms with van der Waals surface area (Å²) in [5, 5.41) is 13.7. The molecule has 6 nitrogen and oxygen atoms in total. The van der Waals surface area contributed by atoms with Crippen molar-refractivity contribution >= 4 is 16.7 Å². The molecule has 0 aromatic heterocycles. The number of benzene rings is 2. The molecule has 0 fully saturated rings. The summed E-state index contributed by atoms with van der Waals surface area (Å²) in [4.78, 5) is 36.3. The Morgan fingerprint density at radius 3 is 2.22 bits per heavy atom. The van der Waals surface area contributed by atoms with Gasteiger partial charge in [-0.1, -0.05) is 36.4 Å². The average Bonchev–Trinajstić information content (AvgIpc) is 2.80. The lowest BCUT2D eigenvalue weighted by atomic mass is 10.1. The third-order valence-electron chi connectivity index (χ3n) is 3.60. The van der Waals surface area contributed by atoms with Gasteiger partial charge in [-0.15, -0.1) is 0 Å². The number of phenolic OH excluding ortho intramolecular Hbond substituents is 1. The van der Waals surface area contributed by atoms with Crippen molar-refractivity contribution < 1.29 is 9.90 Å². The van der Waals surface area contributed by atoms with Gasteiger partial charge in [0, 0.05) is 10.8 Å². The SMILES string of the molecule is Cc1cccc(C(=O)NN=c2c(=O)c3ccccc3c2=O)c1O. The maximum absolute atomic E-state index is 12.1. The van der Waals surface area contributed by atoms with Crippen molar-refractivity contribution in [1.29, 1.82) is 0 Å². The Kier molecular flexibility index (Phi) is 3.50. The number of carbonyl (C=O) groups excluding carboxylic acids is 1. The highest BCUT2D eigenvalue weighted by Gasteiger charge is 2.13. The third-order valence-corrected chi connectivity index (χ3v) is 3.60. The van der Waals surface area contributed by atoms with Crippen molar-refractivity contribution in [3.63, 3.8) is 0 Å². The van der Waals surface area contributed by atoms with Crippen molar-refractivity contribution in [3.8, 4) is 5.75 Å². The number of aromatic hydroxyl groups is 1. The molecule has 0 radical (unpaired) electrons. The summed E-state index contributed by atoms with van der Waals surface area (Å²) in [6.07, 6.45) is 0. The predicted octanol–water partition coefficient (Wildman–Crippen LogP) is 0.696. The van der Waals surface area contributed by atoms with Crippen LogP contribution in [0.5, 0.6) is 5.75 Å². The molecule has 0 aliphatic rings. The largest absolute Gasteiger partial charge is 0.507 e. The molecular weight excluding hydrogens is 296 g/mol. The number of amides is 1. The standard InChI is InChI=1S/C17H12N2O4/c1-9-5-4-8-12(14(9)20)17(23)19-18-13-15(21)10-6-2-3-7-11(10)16(13)22/h2-8,20H,1H3,(H,19,23). The van der Waals surface area contributed by atoms with Crippen LogP contribution in [-0.4, -0.2) is 11.0 Å². The van der Waals surface area contributed by atoms with Crippen molar-refractivity contribution in [2.24, 2.45) is 5.10 Å². The molecule has 3 aromatic rings. The number of phenols is 1. The molecule has 0 atom stereocenters. The molecule has 0 heterocycles. The molecule has 114 valence electrons. The molecule has 0 bridgehead atoms.